The number of hydrogen-bond donors (Lipinski definition) is 1. The number of anilines is 1. The molecule has 1 aliphatic rings. The fraction of sp³-hybridized carbons (Fsp3) is 0.667. The smallest absolute Gasteiger partial charge is 0.150 e. The number of nitrogens with two attached hydrogens (primary N) is 1. The van der Waals surface area contributed by atoms with Crippen LogP contribution in [0.4, 0.5) is 10.1 Å². The number of rotatable bonds is 1. The molecule has 0 aromatic carbocycles. The minimum absolute atomic E-state index is 0.286. The number of nitrogen functional groups attached to an aromatic ring is 1. The Morgan fingerprint density at radius 1 is 1.67 bits per heavy atom. The van der Waals surface area contributed by atoms with E-state index in [1.165, 1.54) is 10.9 Å². The van der Waals surface area contributed by atoms with Gasteiger partial charge in [-0.15, -0.1) is 0 Å². The molecular weight excluding hydrogens is 219 g/mol. The van der Waals surface area contributed by atoms with Gasteiger partial charge in [-0.3, -0.25) is 0 Å². The summed E-state index contributed by atoms with van der Waals surface area (Å²) >= 11 is 5.94. The maximum Gasteiger partial charge on any atom is 0.150 e. The second kappa shape index (κ2) is 3.98. The van der Waals surface area contributed by atoms with Gasteiger partial charge in [0.2, 0.25) is 0 Å². The van der Waals surface area contributed by atoms with Crippen molar-refractivity contribution >= 4 is 17.3 Å². The standard InChI is InChI=1S/C9H14ClFN4/c1-14-3-2-8(6(11)5-14)15-9(10)7(12)4-13-15/h4,6,8H,2-3,5,12H2,1H3/t6?,8-/m1/s1. The van der Waals surface area contributed by atoms with Gasteiger partial charge in [-0.25, -0.2) is 9.07 Å². The van der Waals surface area contributed by atoms with Crippen LogP contribution in [0, 0.1) is 0 Å². The van der Waals surface area contributed by atoms with E-state index in [0.29, 0.717) is 23.8 Å². The van der Waals surface area contributed by atoms with Crippen molar-refractivity contribution in [3.05, 3.63) is 11.3 Å². The number of alkyl halides is 1. The van der Waals surface area contributed by atoms with E-state index in [2.05, 4.69) is 5.10 Å². The second-order valence-corrected chi connectivity index (χ2v) is 4.33. The van der Waals surface area contributed by atoms with Crippen molar-refractivity contribution < 1.29 is 4.39 Å². The molecule has 0 radical (unpaired) electrons. The lowest BCUT2D eigenvalue weighted by molar-refractivity contribution is 0.101. The number of nitrogens with zero attached hydrogens (tertiary/aromatic N) is 3. The van der Waals surface area contributed by atoms with Crippen molar-refractivity contribution in [1.82, 2.24) is 14.7 Å². The number of aromatic nitrogens is 2. The van der Waals surface area contributed by atoms with E-state index in [1.54, 1.807) is 0 Å². The predicted octanol–water partition coefficient (Wildman–Crippen LogP) is 1.33. The fourth-order valence-electron chi connectivity index (χ4n) is 1.91. The zero-order chi connectivity index (χ0) is 11.0. The van der Waals surface area contributed by atoms with E-state index in [4.69, 9.17) is 17.3 Å². The minimum Gasteiger partial charge on any atom is -0.395 e. The first-order chi connectivity index (χ1) is 7.09. The van der Waals surface area contributed by atoms with Gasteiger partial charge >= 0.3 is 0 Å². The van der Waals surface area contributed by atoms with Crippen LogP contribution in [0.3, 0.4) is 0 Å². The summed E-state index contributed by atoms with van der Waals surface area (Å²) in [4.78, 5) is 1.96. The molecule has 0 amide bonds. The van der Waals surface area contributed by atoms with Crippen LogP contribution in [0.2, 0.25) is 5.15 Å². The molecule has 0 aliphatic carbocycles. The summed E-state index contributed by atoms with van der Waals surface area (Å²) in [7, 11) is 1.90. The van der Waals surface area contributed by atoms with Gasteiger partial charge in [0.1, 0.15) is 11.3 Å². The van der Waals surface area contributed by atoms with Gasteiger partial charge in [0.05, 0.1) is 17.9 Å². The van der Waals surface area contributed by atoms with Gasteiger partial charge in [-0.1, -0.05) is 11.6 Å². The Kier molecular flexibility index (Phi) is 2.84. The zero-order valence-electron chi connectivity index (χ0n) is 8.53. The topological polar surface area (TPSA) is 47.1 Å². The van der Waals surface area contributed by atoms with E-state index >= 15 is 0 Å². The molecule has 84 valence electrons. The summed E-state index contributed by atoms with van der Waals surface area (Å²) < 4.78 is 15.3. The van der Waals surface area contributed by atoms with Crippen molar-refractivity contribution in [2.24, 2.45) is 0 Å². The molecule has 1 aromatic heterocycles. The molecule has 0 bridgehead atoms. The van der Waals surface area contributed by atoms with Crippen molar-refractivity contribution in [2.75, 3.05) is 25.9 Å². The highest BCUT2D eigenvalue weighted by atomic mass is 35.5. The fourth-order valence-corrected chi connectivity index (χ4v) is 2.13. The molecule has 1 unspecified atom stereocenters. The van der Waals surface area contributed by atoms with Crippen molar-refractivity contribution in [2.45, 2.75) is 18.6 Å². The van der Waals surface area contributed by atoms with Gasteiger partial charge < -0.3 is 10.6 Å². The molecule has 2 heterocycles. The monoisotopic (exact) mass is 232 g/mol. The number of piperidine rings is 1. The SMILES string of the molecule is CN1CC[C@@H](n2ncc(N)c2Cl)C(F)C1. The number of halogens is 2. The van der Waals surface area contributed by atoms with Gasteiger partial charge in [0, 0.05) is 13.1 Å². The third-order valence-electron chi connectivity index (χ3n) is 2.78. The lowest BCUT2D eigenvalue weighted by Crippen LogP contribution is -2.40. The largest absolute Gasteiger partial charge is 0.395 e. The van der Waals surface area contributed by atoms with Crippen LogP contribution in [0.15, 0.2) is 6.20 Å². The Morgan fingerprint density at radius 2 is 2.40 bits per heavy atom. The molecule has 2 atom stereocenters. The van der Waals surface area contributed by atoms with Crippen molar-refractivity contribution in [1.29, 1.82) is 0 Å². The second-order valence-electron chi connectivity index (χ2n) is 3.97. The Morgan fingerprint density at radius 3 is 2.93 bits per heavy atom. The van der Waals surface area contributed by atoms with Gasteiger partial charge in [-0.2, -0.15) is 5.10 Å². The van der Waals surface area contributed by atoms with Crippen LogP contribution in [0.25, 0.3) is 0 Å². The Labute approximate surface area is 92.8 Å². The molecule has 4 nitrogen and oxygen atoms in total. The molecule has 0 spiro atoms. The number of likely N-dealkylation sites (tertiary alicyclic amines) is 1. The maximum atomic E-state index is 13.8. The lowest BCUT2D eigenvalue weighted by Gasteiger charge is -2.32. The molecule has 2 N–H and O–H groups in total. The van der Waals surface area contributed by atoms with E-state index in [9.17, 15) is 4.39 Å². The van der Waals surface area contributed by atoms with Crippen molar-refractivity contribution in [3.63, 3.8) is 0 Å². The molecule has 6 heteroatoms. The van der Waals surface area contributed by atoms with Gasteiger partial charge in [-0.05, 0) is 13.5 Å². The highest BCUT2D eigenvalue weighted by Crippen LogP contribution is 2.29. The van der Waals surface area contributed by atoms with Crippen LogP contribution in [0.5, 0.6) is 0 Å². The van der Waals surface area contributed by atoms with Crippen LogP contribution in [-0.4, -0.2) is 41.0 Å². The molecule has 1 aromatic rings. The molecule has 1 saturated heterocycles. The summed E-state index contributed by atoms with van der Waals surface area (Å²) in [5.74, 6) is 0. The average molecular weight is 233 g/mol. The highest BCUT2D eigenvalue weighted by Gasteiger charge is 2.30. The number of hydrogen-bond acceptors (Lipinski definition) is 3. The Hall–Kier alpha value is -0.810. The molecular formula is C9H14ClFN4. The minimum atomic E-state index is -0.944. The summed E-state index contributed by atoms with van der Waals surface area (Å²) in [6.45, 7) is 1.27. The van der Waals surface area contributed by atoms with E-state index in [-0.39, 0.29) is 6.04 Å². The normalized spacial score (nSPS) is 28.2. The quantitative estimate of drug-likeness (QED) is 0.795. The maximum absolute atomic E-state index is 13.8. The van der Waals surface area contributed by atoms with E-state index in [1.807, 2.05) is 11.9 Å². The molecule has 1 aliphatic heterocycles. The first-order valence-corrected chi connectivity index (χ1v) is 5.28. The molecule has 1 fully saturated rings. The average Bonchev–Trinajstić information content (AvgIpc) is 2.49. The summed E-state index contributed by atoms with van der Waals surface area (Å²) in [6, 6.07) is -0.286. The first-order valence-electron chi connectivity index (χ1n) is 4.90. The van der Waals surface area contributed by atoms with Gasteiger partial charge in [0.25, 0.3) is 0 Å². The van der Waals surface area contributed by atoms with Crippen LogP contribution >= 0.6 is 11.6 Å². The summed E-state index contributed by atoms with van der Waals surface area (Å²) in [5.41, 5.74) is 5.98. The van der Waals surface area contributed by atoms with Gasteiger partial charge in [0.15, 0.2) is 0 Å². The zero-order valence-corrected chi connectivity index (χ0v) is 9.28. The molecule has 15 heavy (non-hydrogen) atoms. The third kappa shape index (κ3) is 1.94. The third-order valence-corrected chi connectivity index (χ3v) is 3.18. The lowest BCUT2D eigenvalue weighted by atomic mass is 10.0. The van der Waals surface area contributed by atoms with Crippen LogP contribution in [-0.2, 0) is 0 Å². The Bertz CT molecular complexity index is 354. The Balaban J connectivity index is 2.20. The van der Waals surface area contributed by atoms with Crippen LogP contribution < -0.4 is 5.73 Å². The van der Waals surface area contributed by atoms with E-state index < -0.39 is 6.17 Å². The predicted molar refractivity (Wildman–Crippen MR) is 57.7 cm³/mol. The first kappa shape index (κ1) is 10.7. The van der Waals surface area contributed by atoms with E-state index in [0.717, 1.165) is 6.54 Å². The summed E-state index contributed by atoms with van der Waals surface area (Å²) in [6.07, 6.45) is 1.23. The molecule has 0 saturated carbocycles. The van der Waals surface area contributed by atoms with Crippen molar-refractivity contribution in [3.8, 4) is 0 Å². The van der Waals surface area contributed by atoms with Crippen LogP contribution in [0.1, 0.15) is 12.5 Å². The highest BCUT2D eigenvalue weighted by molar-refractivity contribution is 6.32. The summed E-state index contributed by atoms with van der Waals surface area (Å²) in [5, 5.41) is 4.36. The molecule has 2 rings (SSSR count).